The number of hydrogen-bond acceptors (Lipinski definition) is 9. The van der Waals surface area contributed by atoms with Gasteiger partial charge in [0.1, 0.15) is 24.2 Å². The molecule has 0 radical (unpaired) electrons. The van der Waals surface area contributed by atoms with Crippen molar-refractivity contribution in [2.45, 2.75) is 77.5 Å². The van der Waals surface area contributed by atoms with Crippen LogP contribution in [0.15, 0.2) is 84.4 Å². The molecule has 1 unspecified atom stereocenters. The highest BCUT2D eigenvalue weighted by molar-refractivity contribution is 6.23. The van der Waals surface area contributed by atoms with Crippen LogP contribution in [-0.4, -0.2) is 108 Å². The number of imide groups is 1. The highest BCUT2D eigenvalue weighted by atomic mass is 16.5. The van der Waals surface area contributed by atoms with Crippen LogP contribution in [0.3, 0.4) is 0 Å². The number of carbonyl (C=O) groups excluding carboxylic acids is 4. The minimum absolute atomic E-state index is 0.0724. The summed E-state index contributed by atoms with van der Waals surface area (Å²) >= 11 is 0. The summed E-state index contributed by atoms with van der Waals surface area (Å²) in [6.45, 7) is 11.4. The van der Waals surface area contributed by atoms with Gasteiger partial charge >= 0.3 is 0 Å². The Morgan fingerprint density at radius 2 is 1.78 bits per heavy atom. The van der Waals surface area contributed by atoms with E-state index in [9.17, 15) is 19.2 Å². The third kappa shape index (κ3) is 8.63. The molecule has 3 aliphatic rings. The number of allylic oxidation sites excluding steroid dienone is 5. The smallest absolute Gasteiger partial charge is 0.262 e. The van der Waals surface area contributed by atoms with Crippen molar-refractivity contribution in [1.29, 1.82) is 0 Å². The van der Waals surface area contributed by atoms with Gasteiger partial charge in [0.05, 0.1) is 17.2 Å². The Kier molecular flexibility index (Phi) is 12.8. The Hall–Kier alpha value is -5.59. The van der Waals surface area contributed by atoms with Crippen molar-refractivity contribution < 1.29 is 28.7 Å². The third-order valence-electron chi connectivity index (χ3n) is 11.8. The van der Waals surface area contributed by atoms with Gasteiger partial charge in [-0.05, 0) is 86.2 Å². The molecule has 3 amide bonds. The molecule has 2 aliphatic heterocycles. The van der Waals surface area contributed by atoms with Crippen molar-refractivity contribution in [3.63, 3.8) is 0 Å². The first-order chi connectivity index (χ1) is 28.2. The summed E-state index contributed by atoms with van der Waals surface area (Å²) in [5.41, 5.74) is 7.14. The van der Waals surface area contributed by atoms with Crippen LogP contribution in [0.2, 0.25) is 0 Å². The fourth-order valence-electron chi connectivity index (χ4n) is 8.10. The molecular formula is C46H54N6O6. The predicted molar refractivity (Wildman–Crippen MR) is 227 cm³/mol. The second-order valence-corrected chi connectivity index (χ2v) is 15.4. The average Bonchev–Trinajstić information content (AvgIpc) is 3.73. The normalized spacial score (nSPS) is 19.8. The van der Waals surface area contributed by atoms with Gasteiger partial charge in [-0.25, -0.2) is 0 Å². The molecule has 4 heterocycles. The molecule has 2 N–H and O–H groups in total. The lowest BCUT2D eigenvalue weighted by Crippen LogP contribution is -2.48. The minimum Gasteiger partial charge on any atom is -0.490 e. The van der Waals surface area contributed by atoms with E-state index in [2.05, 4.69) is 82.3 Å². The van der Waals surface area contributed by atoms with Crippen LogP contribution in [-0.2, 0) is 19.1 Å². The second kappa shape index (κ2) is 18.3. The molecule has 0 bridgehead atoms. The van der Waals surface area contributed by atoms with Gasteiger partial charge in [0.2, 0.25) is 5.91 Å². The zero-order valence-corrected chi connectivity index (χ0v) is 34.0. The Morgan fingerprint density at radius 1 is 0.983 bits per heavy atom. The van der Waals surface area contributed by atoms with Gasteiger partial charge in [0.25, 0.3) is 11.8 Å². The van der Waals surface area contributed by atoms with E-state index >= 15 is 0 Å². The maximum atomic E-state index is 13.4. The van der Waals surface area contributed by atoms with Crippen LogP contribution >= 0.6 is 0 Å². The lowest BCUT2D eigenvalue weighted by molar-refractivity contribution is -0.124. The van der Waals surface area contributed by atoms with Gasteiger partial charge < -0.3 is 29.5 Å². The molecule has 4 aromatic rings. The summed E-state index contributed by atoms with van der Waals surface area (Å²) in [5.74, 6) is -0.532. The van der Waals surface area contributed by atoms with Gasteiger partial charge in [0, 0.05) is 106 Å². The monoisotopic (exact) mass is 786 g/mol. The van der Waals surface area contributed by atoms with E-state index in [-0.39, 0.29) is 30.6 Å². The SMILES string of the molecule is C\C=C(/C=C\C(OC1CC(OCCCN2CCN(c3ccc4c(c3)C(=O)N(C(CCC=O)C(=O)NC)C4=O)CC2)C1)=C(/C)CC)c1ccc2c(c1)[nH]c1ccncc12. The van der Waals surface area contributed by atoms with Crippen molar-refractivity contribution in [3.8, 4) is 0 Å². The van der Waals surface area contributed by atoms with E-state index in [1.165, 1.54) is 18.0 Å². The number of fused-ring (bicyclic) bond motifs is 4. The Labute approximate surface area is 339 Å². The van der Waals surface area contributed by atoms with Crippen molar-refractivity contribution in [1.82, 2.24) is 25.1 Å². The van der Waals surface area contributed by atoms with Crippen LogP contribution < -0.4 is 10.2 Å². The van der Waals surface area contributed by atoms with Gasteiger partial charge in [-0.3, -0.25) is 29.2 Å². The van der Waals surface area contributed by atoms with Gasteiger partial charge in [-0.15, -0.1) is 0 Å². The highest BCUT2D eigenvalue weighted by Crippen LogP contribution is 2.33. The average molecular weight is 787 g/mol. The van der Waals surface area contributed by atoms with E-state index in [1.807, 2.05) is 24.5 Å². The fraction of sp³-hybridized carbons (Fsp3) is 0.413. The third-order valence-corrected chi connectivity index (χ3v) is 11.8. The number of anilines is 1. The quantitative estimate of drug-likeness (QED) is 0.0388. The topological polar surface area (TPSA) is 137 Å². The number of aldehydes is 1. The maximum absolute atomic E-state index is 13.4. The number of nitrogens with zero attached hydrogens (tertiary/aromatic N) is 4. The van der Waals surface area contributed by atoms with Crippen molar-refractivity contribution in [2.24, 2.45) is 0 Å². The molecule has 1 aliphatic carbocycles. The summed E-state index contributed by atoms with van der Waals surface area (Å²) < 4.78 is 12.8. The van der Waals surface area contributed by atoms with Crippen molar-refractivity contribution in [3.05, 3.63) is 101 Å². The first-order valence-corrected chi connectivity index (χ1v) is 20.6. The number of nitrogens with one attached hydrogen (secondary N) is 2. The summed E-state index contributed by atoms with van der Waals surface area (Å²) in [6.07, 6.45) is 14.9. The standard InChI is InChI=1S/C46H54N6O6/c1-5-30(3)43(15-11-31(6-2)32-10-13-36-39-29-48-17-16-40(39)49-41(36)25-32)58-35-27-34(28-35)57-24-8-18-50-19-21-51(22-20-50)33-12-14-37-38(26-33)46(56)52(45(37)55)42(9-7-23-53)44(54)47-4/h6,10-17,23,25-26,29,34-35,42,49H,5,7-9,18-22,24,27-28H2,1-4H3,(H,47,54)/b15-11-,31-6+,43-30-. The number of amides is 3. The number of aromatic amines is 1. The molecular weight excluding hydrogens is 733 g/mol. The zero-order chi connectivity index (χ0) is 40.8. The summed E-state index contributed by atoms with van der Waals surface area (Å²) in [6, 6.07) is 12.8. The lowest BCUT2D eigenvalue weighted by atomic mass is 9.91. The Balaban J connectivity index is 0.837. The van der Waals surface area contributed by atoms with E-state index in [0.29, 0.717) is 18.5 Å². The summed E-state index contributed by atoms with van der Waals surface area (Å²) in [4.78, 5) is 63.6. The van der Waals surface area contributed by atoms with Gasteiger partial charge in [-0.1, -0.05) is 31.2 Å². The molecule has 2 aromatic carbocycles. The largest absolute Gasteiger partial charge is 0.490 e. The number of carbonyl (C=O) groups is 4. The molecule has 1 saturated heterocycles. The number of piperazine rings is 1. The minimum atomic E-state index is -1.03. The predicted octanol–water partition coefficient (Wildman–Crippen LogP) is 6.83. The molecule has 1 atom stereocenters. The number of ether oxygens (including phenoxy) is 2. The lowest BCUT2D eigenvalue weighted by Gasteiger charge is -2.37. The van der Waals surface area contributed by atoms with Crippen LogP contribution in [0, 0.1) is 0 Å². The number of H-pyrrole nitrogens is 1. The number of likely N-dealkylation sites (N-methyl/N-ethyl adjacent to an activating group) is 1. The number of aromatic nitrogens is 2. The van der Waals surface area contributed by atoms with E-state index in [4.69, 9.17) is 9.47 Å². The second-order valence-electron chi connectivity index (χ2n) is 15.4. The van der Waals surface area contributed by atoms with Gasteiger partial charge in [-0.2, -0.15) is 0 Å². The zero-order valence-electron chi connectivity index (χ0n) is 34.0. The number of benzene rings is 2. The molecule has 12 heteroatoms. The van der Waals surface area contributed by atoms with Crippen molar-refractivity contribution in [2.75, 3.05) is 51.3 Å². The van der Waals surface area contributed by atoms with E-state index in [0.717, 1.165) is 102 Å². The number of rotatable bonds is 17. The molecule has 2 fully saturated rings. The molecule has 0 spiro atoms. The van der Waals surface area contributed by atoms with Crippen LogP contribution in [0.4, 0.5) is 5.69 Å². The van der Waals surface area contributed by atoms with Crippen LogP contribution in [0.5, 0.6) is 0 Å². The molecule has 58 heavy (non-hydrogen) atoms. The molecule has 12 nitrogen and oxygen atoms in total. The molecule has 7 rings (SSSR count). The highest BCUT2D eigenvalue weighted by Gasteiger charge is 2.42. The Bertz CT molecular complexity index is 2260. The Morgan fingerprint density at radius 3 is 2.52 bits per heavy atom. The first kappa shape index (κ1) is 40.6. The summed E-state index contributed by atoms with van der Waals surface area (Å²) in [5, 5.41) is 4.81. The van der Waals surface area contributed by atoms with Crippen LogP contribution in [0.1, 0.15) is 85.6 Å². The molecule has 2 aromatic heterocycles. The number of pyridine rings is 1. The summed E-state index contributed by atoms with van der Waals surface area (Å²) in [7, 11) is 1.45. The molecule has 1 saturated carbocycles. The fourth-order valence-corrected chi connectivity index (χ4v) is 8.10. The molecule has 304 valence electrons. The van der Waals surface area contributed by atoms with Crippen molar-refractivity contribution >= 4 is 57.1 Å². The maximum Gasteiger partial charge on any atom is 0.262 e. The van der Waals surface area contributed by atoms with Gasteiger partial charge in [0.15, 0.2) is 0 Å². The number of hydrogen-bond donors (Lipinski definition) is 2. The van der Waals surface area contributed by atoms with E-state index < -0.39 is 23.8 Å². The first-order valence-electron chi connectivity index (χ1n) is 20.6. The van der Waals surface area contributed by atoms with E-state index in [1.54, 1.807) is 12.1 Å². The van der Waals surface area contributed by atoms with Crippen LogP contribution in [0.25, 0.3) is 27.4 Å².